The van der Waals surface area contributed by atoms with E-state index in [1.54, 1.807) is 6.07 Å². The Balaban J connectivity index is 1.32. The van der Waals surface area contributed by atoms with Crippen molar-refractivity contribution < 1.29 is 33.1 Å². The topological polar surface area (TPSA) is 118 Å². The number of aliphatic carboxylic acids is 1. The van der Waals surface area contributed by atoms with Crippen LogP contribution in [0.15, 0.2) is 30.5 Å². The van der Waals surface area contributed by atoms with Gasteiger partial charge in [-0.2, -0.15) is 0 Å². The molecule has 10 heteroatoms. The number of phosphoric ester groups is 1. The summed E-state index contributed by atoms with van der Waals surface area (Å²) in [5.41, 5.74) is 4.55. The van der Waals surface area contributed by atoms with Gasteiger partial charge in [0.1, 0.15) is 11.5 Å². The van der Waals surface area contributed by atoms with Crippen LogP contribution in [0.3, 0.4) is 0 Å². The van der Waals surface area contributed by atoms with Crippen molar-refractivity contribution in [1.29, 1.82) is 0 Å². The first-order chi connectivity index (χ1) is 20.5. The Morgan fingerprint density at radius 3 is 2.70 bits per heavy atom. The largest absolute Gasteiger partial charge is 0.527 e. The lowest BCUT2D eigenvalue weighted by atomic mass is 9.61. The molecule has 0 aliphatic heterocycles. The number of nitrogens with zero attached hydrogens (tertiary/aromatic N) is 2. The summed E-state index contributed by atoms with van der Waals surface area (Å²) in [6.07, 6.45) is 9.79. The Morgan fingerprint density at radius 1 is 1.21 bits per heavy atom. The Kier molecular flexibility index (Phi) is 9.86. The zero-order valence-electron chi connectivity index (χ0n) is 26.0. The molecule has 2 unspecified atom stereocenters. The first kappa shape index (κ1) is 32.0. The van der Waals surface area contributed by atoms with E-state index in [0.717, 1.165) is 55.5 Å². The number of phosphoric acid groups is 1. The summed E-state index contributed by atoms with van der Waals surface area (Å²) in [7, 11) is -0.560. The summed E-state index contributed by atoms with van der Waals surface area (Å²) in [6.45, 7) is 5.68. The molecular weight excluding hydrogens is 567 g/mol. The molecule has 9 nitrogen and oxygen atoms in total. The van der Waals surface area contributed by atoms with E-state index in [-0.39, 0.29) is 23.9 Å². The number of pyridine rings is 1. The van der Waals surface area contributed by atoms with Crippen LogP contribution >= 0.6 is 7.82 Å². The maximum atomic E-state index is 12.7. The van der Waals surface area contributed by atoms with Crippen molar-refractivity contribution >= 4 is 13.8 Å². The van der Waals surface area contributed by atoms with Crippen molar-refractivity contribution in [1.82, 2.24) is 9.88 Å². The third-order valence-corrected chi connectivity index (χ3v) is 10.8. The van der Waals surface area contributed by atoms with Crippen LogP contribution in [0, 0.1) is 17.8 Å². The van der Waals surface area contributed by atoms with E-state index in [4.69, 9.17) is 13.8 Å². The first-order valence-electron chi connectivity index (χ1n) is 15.8. The molecule has 0 amide bonds. The van der Waals surface area contributed by atoms with Crippen LogP contribution in [0.4, 0.5) is 0 Å². The predicted octanol–water partition coefficient (Wildman–Crippen LogP) is 6.37. The normalized spacial score (nSPS) is 26.9. The van der Waals surface area contributed by atoms with Gasteiger partial charge in [-0.25, -0.2) is 4.57 Å². The molecule has 1 aromatic carbocycles. The molecule has 1 spiro atoms. The summed E-state index contributed by atoms with van der Waals surface area (Å²) < 4.78 is 29.8. The highest BCUT2D eigenvalue weighted by atomic mass is 31.2. The quantitative estimate of drug-likeness (QED) is 0.263. The Morgan fingerprint density at radius 2 is 1.98 bits per heavy atom. The van der Waals surface area contributed by atoms with Crippen LogP contribution in [-0.4, -0.2) is 59.7 Å². The molecular formula is C33H47N2O7P. The van der Waals surface area contributed by atoms with Gasteiger partial charge in [-0.1, -0.05) is 19.9 Å². The minimum Gasteiger partial charge on any atom is -0.493 e. The van der Waals surface area contributed by atoms with Gasteiger partial charge in [-0.3, -0.25) is 19.2 Å². The average molecular weight is 615 g/mol. The van der Waals surface area contributed by atoms with Crippen LogP contribution in [0.2, 0.25) is 0 Å². The Bertz CT molecular complexity index is 1340. The van der Waals surface area contributed by atoms with E-state index >= 15 is 0 Å². The number of carboxylic acids is 1. The molecule has 43 heavy (non-hydrogen) atoms. The molecule has 1 aromatic heterocycles. The van der Waals surface area contributed by atoms with Gasteiger partial charge in [0.15, 0.2) is 0 Å². The highest BCUT2D eigenvalue weighted by Gasteiger charge is 2.49. The van der Waals surface area contributed by atoms with Crippen LogP contribution in [0.1, 0.15) is 87.1 Å². The SMILES string of the molecule is C[C@@H](COc1ccnc2c1[C@H](C)CCC2)CC1Cc2ccc(OP(=O)(O)OCCN(C)C)cc2C12CCC(C(=O)O)CC2. The second-order valence-corrected chi connectivity index (χ2v) is 14.7. The first-order valence-corrected chi connectivity index (χ1v) is 17.3. The highest BCUT2D eigenvalue weighted by molar-refractivity contribution is 7.47. The van der Waals surface area contributed by atoms with E-state index in [1.807, 2.05) is 43.4 Å². The maximum absolute atomic E-state index is 12.7. The van der Waals surface area contributed by atoms with Crippen molar-refractivity contribution in [2.24, 2.45) is 17.8 Å². The standard InChI is InChI=1S/C33H47N2O7P/c1-22(21-40-30-12-15-34-29-7-5-6-23(2)31(29)30)18-26-19-25-8-9-27(42-43(38,39)41-17-16-35(3)4)20-28(25)33(26)13-10-24(11-14-33)32(36)37/h8-9,12,15,20,22-24,26H,5-7,10-11,13-14,16-19,21H2,1-4H3,(H,36,37)(H,38,39)/t22-,23-,24?,26?,33?/m1/s1. The van der Waals surface area contributed by atoms with Gasteiger partial charge < -0.3 is 19.3 Å². The lowest BCUT2D eigenvalue weighted by Crippen LogP contribution is -2.39. The molecule has 1 fully saturated rings. The number of rotatable bonds is 12. The predicted molar refractivity (Wildman–Crippen MR) is 165 cm³/mol. The number of carboxylic acid groups (broad SMARTS) is 1. The molecule has 1 saturated carbocycles. The van der Waals surface area contributed by atoms with Gasteiger partial charge in [0, 0.05) is 24.0 Å². The fourth-order valence-electron chi connectivity index (χ4n) is 7.65. The number of carbonyl (C=O) groups is 1. The lowest BCUT2D eigenvalue weighted by Gasteiger charge is -2.42. The Labute approximate surface area is 255 Å². The molecule has 2 N–H and O–H groups in total. The van der Waals surface area contributed by atoms with E-state index < -0.39 is 13.8 Å². The van der Waals surface area contributed by atoms with Crippen molar-refractivity contribution in [3.8, 4) is 11.5 Å². The smallest absolute Gasteiger partial charge is 0.493 e. The van der Waals surface area contributed by atoms with E-state index in [9.17, 15) is 19.4 Å². The monoisotopic (exact) mass is 614 g/mol. The number of ether oxygens (including phenoxy) is 1. The summed E-state index contributed by atoms with van der Waals surface area (Å²) in [6, 6.07) is 7.65. The third-order valence-electron chi connectivity index (χ3n) is 9.89. The molecule has 0 radical (unpaired) electrons. The summed E-state index contributed by atoms with van der Waals surface area (Å²) in [5, 5.41) is 9.72. The molecule has 4 atom stereocenters. The van der Waals surface area contributed by atoms with Gasteiger partial charge in [0.05, 0.1) is 19.1 Å². The van der Waals surface area contributed by atoms with Gasteiger partial charge in [0.25, 0.3) is 0 Å². The third kappa shape index (κ3) is 7.28. The number of benzene rings is 1. The molecule has 5 rings (SSSR count). The summed E-state index contributed by atoms with van der Waals surface area (Å²) >= 11 is 0. The van der Waals surface area contributed by atoms with Gasteiger partial charge in [-0.05, 0) is 124 Å². The molecule has 0 saturated heterocycles. The summed E-state index contributed by atoms with van der Waals surface area (Å²) in [5.74, 6) is 1.25. The molecule has 0 bridgehead atoms. The second-order valence-electron chi connectivity index (χ2n) is 13.3. The van der Waals surface area contributed by atoms with E-state index in [1.165, 1.54) is 17.5 Å². The number of aryl methyl sites for hydroxylation is 1. The van der Waals surface area contributed by atoms with Crippen molar-refractivity contribution in [2.75, 3.05) is 33.9 Å². The zero-order chi connectivity index (χ0) is 30.8. The highest BCUT2D eigenvalue weighted by Crippen LogP contribution is 2.56. The molecule has 1 heterocycles. The molecule has 3 aliphatic carbocycles. The fraction of sp³-hybridized carbons (Fsp3) is 0.636. The van der Waals surface area contributed by atoms with Crippen LogP contribution in [0.25, 0.3) is 0 Å². The molecule has 2 aromatic rings. The minimum atomic E-state index is -4.29. The Hall–Kier alpha value is -2.45. The summed E-state index contributed by atoms with van der Waals surface area (Å²) in [4.78, 5) is 28.7. The maximum Gasteiger partial charge on any atom is 0.527 e. The molecule has 3 aliphatic rings. The zero-order valence-corrected chi connectivity index (χ0v) is 26.9. The van der Waals surface area contributed by atoms with Gasteiger partial charge >= 0.3 is 13.8 Å². The van der Waals surface area contributed by atoms with E-state index in [2.05, 4.69) is 18.8 Å². The number of hydrogen-bond donors (Lipinski definition) is 2. The van der Waals surface area contributed by atoms with E-state index in [0.29, 0.717) is 43.6 Å². The van der Waals surface area contributed by atoms with Crippen LogP contribution in [-0.2, 0) is 32.1 Å². The lowest BCUT2D eigenvalue weighted by molar-refractivity contribution is -0.143. The van der Waals surface area contributed by atoms with Gasteiger partial charge in [0.2, 0.25) is 0 Å². The number of fused-ring (bicyclic) bond motifs is 3. The van der Waals surface area contributed by atoms with Crippen LogP contribution in [0.5, 0.6) is 11.5 Å². The number of aromatic nitrogens is 1. The van der Waals surface area contributed by atoms with Crippen molar-refractivity contribution in [2.45, 2.75) is 83.0 Å². The second kappa shape index (κ2) is 13.3. The van der Waals surface area contributed by atoms with Crippen LogP contribution < -0.4 is 9.26 Å². The van der Waals surface area contributed by atoms with Gasteiger partial charge in [-0.15, -0.1) is 0 Å². The van der Waals surface area contributed by atoms with Crippen molar-refractivity contribution in [3.05, 3.63) is 52.8 Å². The minimum absolute atomic E-state index is 0.0788. The average Bonchev–Trinajstić information content (AvgIpc) is 3.23. The molecule has 236 valence electrons. The number of likely N-dealkylation sites (N-methyl/N-ethyl adjacent to an activating group) is 1. The van der Waals surface area contributed by atoms with Crippen molar-refractivity contribution in [3.63, 3.8) is 0 Å². The fourth-order valence-corrected chi connectivity index (χ4v) is 8.40. The number of hydrogen-bond acceptors (Lipinski definition) is 7.